The molecule has 0 radical (unpaired) electrons. The van der Waals surface area contributed by atoms with Crippen molar-refractivity contribution in [1.82, 2.24) is 0 Å². The van der Waals surface area contributed by atoms with E-state index in [0.717, 1.165) is 5.56 Å². The largest absolute Gasteiger partial charge is 0.481 e. The van der Waals surface area contributed by atoms with Gasteiger partial charge in [-0.2, -0.15) is 0 Å². The average Bonchev–Trinajstić information content (AvgIpc) is 2.47. The molecule has 0 aromatic heterocycles. The van der Waals surface area contributed by atoms with Crippen molar-refractivity contribution in [1.29, 1.82) is 0 Å². The number of hydrogen-bond acceptors (Lipinski definition) is 3. The van der Waals surface area contributed by atoms with E-state index >= 15 is 0 Å². The number of esters is 1. The lowest BCUT2D eigenvalue weighted by Gasteiger charge is -2.30. The monoisotopic (exact) mass is 302 g/mol. The van der Waals surface area contributed by atoms with Crippen molar-refractivity contribution in [2.45, 2.75) is 5.92 Å². The Kier molecular flexibility index (Phi) is 3.39. The summed E-state index contributed by atoms with van der Waals surface area (Å²) in [6, 6.07) is 13.9. The van der Waals surface area contributed by atoms with E-state index in [4.69, 9.17) is 16.3 Å². The summed E-state index contributed by atoms with van der Waals surface area (Å²) in [5.74, 6) is -3.50. The average molecular weight is 303 g/mol. The van der Waals surface area contributed by atoms with Gasteiger partial charge in [-0.05, 0) is 23.8 Å². The summed E-state index contributed by atoms with van der Waals surface area (Å²) >= 11 is 6.01. The highest BCUT2D eigenvalue weighted by molar-refractivity contribution is 6.30. The molecule has 1 aliphatic heterocycles. The Morgan fingerprint density at radius 1 is 1.14 bits per heavy atom. The van der Waals surface area contributed by atoms with Crippen molar-refractivity contribution in [2.75, 3.05) is 0 Å². The van der Waals surface area contributed by atoms with E-state index in [-0.39, 0.29) is 0 Å². The zero-order valence-electron chi connectivity index (χ0n) is 10.8. The lowest BCUT2D eigenvalue weighted by atomic mass is 9.79. The molecule has 2 aromatic rings. The Bertz CT molecular complexity index is 711. The predicted molar refractivity (Wildman–Crippen MR) is 76.5 cm³/mol. The van der Waals surface area contributed by atoms with Gasteiger partial charge in [-0.25, -0.2) is 0 Å². The number of carbonyl (C=O) groups is 2. The highest BCUT2D eigenvalue weighted by atomic mass is 35.5. The number of carboxylic acids is 1. The number of ether oxygens (including phenoxy) is 1. The van der Waals surface area contributed by atoms with E-state index in [9.17, 15) is 14.7 Å². The van der Waals surface area contributed by atoms with Gasteiger partial charge in [-0.3, -0.25) is 9.59 Å². The molecule has 4 nitrogen and oxygen atoms in total. The fourth-order valence-electron chi connectivity index (χ4n) is 2.62. The molecule has 0 fully saturated rings. The van der Waals surface area contributed by atoms with Crippen LogP contribution in [0, 0.1) is 5.92 Å². The van der Waals surface area contributed by atoms with E-state index in [1.54, 1.807) is 42.5 Å². The minimum absolute atomic E-state index is 0.357. The minimum atomic E-state index is -1.28. The molecule has 0 bridgehead atoms. The number of aliphatic carboxylic acids is 1. The maximum absolute atomic E-state index is 12.0. The molecule has 1 aliphatic rings. The first-order valence-corrected chi connectivity index (χ1v) is 6.74. The second-order valence-corrected chi connectivity index (χ2v) is 5.24. The number of hydrogen-bond donors (Lipinski definition) is 1. The van der Waals surface area contributed by atoms with Crippen molar-refractivity contribution in [2.24, 2.45) is 5.92 Å². The fraction of sp³-hybridized carbons (Fsp3) is 0.125. The molecule has 3 rings (SSSR count). The zero-order valence-corrected chi connectivity index (χ0v) is 11.6. The van der Waals surface area contributed by atoms with Gasteiger partial charge in [0.15, 0.2) is 5.92 Å². The SMILES string of the molecule is O=C(O)C1C(=O)Oc2ccc(Cl)cc2C1c1ccccc1. The summed E-state index contributed by atoms with van der Waals surface area (Å²) < 4.78 is 5.13. The van der Waals surface area contributed by atoms with Crippen LogP contribution in [-0.4, -0.2) is 17.0 Å². The molecule has 106 valence electrons. The molecular formula is C16H11ClO4. The Hall–Kier alpha value is -2.33. The topological polar surface area (TPSA) is 63.6 Å². The van der Waals surface area contributed by atoms with Gasteiger partial charge in [0.05, 0.1) is 0 Å². The van der Waals surface area contributed by atoms with Gasteiger partial charge in [0.25, 0.3) is 0 Å². The number of halogens is 1. The van der Waals surface area contributed by atoms with Gasteiger partial charge < -0.3 is 9.84 Å². The first-order chi connectivity index (χ1) is 10.1. The zero-order chi connectivity index (χ0) is 15.0. The smallest absolute Gasteiger partial charge is 0.326 e. The van der Waals surface area contributed by atoms with Crippen LogP contribution < -0.4 is 4.74 Å². The predicted octanol–water partition coefficient (Wildman–Crippen LogP) is 3.09. The third-order valence-corrected chi connectivity index (χ3v) is 3.76. The molecular weight excluding hydrogens is 292 g/mol. The fourth-order valence-corrected chi connectivity index (χ4v) is 2.80. The van der Waals surface area contributed by atoms with Crippen LogP contribution in [0.5, 0.6) is 5.75 Å². The molecule has 2 unspecified atom stereocenters. The summed E-state index contributed by atoms with van der Waals surface area (Å²) in [7, 11) is 0. The van der Waals surface area contributed by atoms with Crippen LogP contribution in [0.25, 0.3) is 0 Å². The number of benzene rings is 2. The van der Waals surface area contributed by atoms with Gasteiger partial charge in [0.2, 0.25) is 0 Å². The van der Waals surface area contributed by atoms with Gasteiger partial charge in [0, 0.05) is 16.5 Å². The van der Waals surface area contributed by atoms with Gasteiger partial charge >= 0.3 is 11.9 Å². The van der Waals surface area contributed by atoms with Crippen LogP contribution in [0.1, 0.15) is 17.0 Å². The van der Waals surface area contributed by atoms with Crippen molar-refractivity contribution < 1.29 is 19.4 Å². The number of carboxylic acid groups (broad SMARTS) is 1. The van der Waals surface area contributed by atoms with Crippen LogP contribution in [0.4, 0.5) is 0 Å². The van der Waals surface area contributed by atoms with Crippen LogP contribution >= 0.6 is 11.6 Å². The first kappa shape index (κ1) is 13.6. The summed E-state index contributed by atoms with van der Waals surface area (Å²) in [6.07, 6.45) is 0. The molecule has 0 saturated heterocycles. The maximum atomic E-state index is 12.0. The van der Waals surface area contributed by atoms with Crippen molar-refractivity contribution in [3.8, 4) is 5.75 Å². The Labute approximate surface area is 125 Å². The quantitative estimate of drug-likeness (QED) is 0.526. The second-order valence-electron chi connectivity index (χ2n) is 4.81. The van der Waals surface area contributed by atoms with Gasteiger partial charge in [-0.15, -0.1) is 0 Å². The molecule has 1 heterocycles. The Balaban J connectivity index is 2.22. The van der Waals surface area contributed by atoms with Gasteiger partial charge in [-0.1, -0.05) is 41.9 Å². The number of rotatable bonds is 2. The van der Waals surface area contributed by atoms with E-state index in [1.165, 1.54) is 0 Å². The van der Waals surface area contributed by atoms with Crippen LogP contribution in [0.2, 0.25) is 5.02 Å². The highest BCUT2D eigenvalue weighted by Crippen LogP contribution is 2.43. The highest BCUT2D eigenvalue weighted by Gasteiger charge is 2.43. The lowest BCUT2D eigenvalue weighted by molar-refractivity contribution is -0.154. The molecule has 2 atom stereocenters. The van der Waals surface area contributed by atoms with E-state index in [0.29, 0.717) is 16.3 Å². The molecule has 0 aliphatic carbocycles. The van der Waals surface area contributed by atoms with Gasteiger partial charge in [0.1, 0.15) is 5.75 Å². The number of fused-ring (bicyclic) bond motifs is 1. The molecule has 2 aromatic carbocycles. The molecule has 1 N–H and O–H groups in total. The molecule has 5 heteroatoms. The van der Waals surface area contributed by atoms with Crippen LogP contribution in [0.15, 0.2) is 48.5 Å². The maximum Gasteiger partial charge on any atom is 0.326 e. The standard InChI is InChI=1S/C16H11ClO4/c17-10-6-7-12-11(8-10)13(9-4-2-1-3-5-9)14(15(18)19)16(20)21-12/h1-8,13-14H,(H,18,19). The molecule has 0 saturated carbocycles. The Morgan fingerprint density at radius 3 is 2.52 bits per heavy atom. The van der Waals surface area contributed by atoms with E-state index in [1.807, 2.05) is 6.07 Å². The van der Waals surface area contributed by atoms with Crippen molar-refractivity contribution in [3.05, 3.63) is 64.7 Å². The lowest BCUT2D eigenvalue weighted by Crippen LogP contribution is -2.37. The Morgan fingerprint density at radius 2 is 1.86 bits per heavy atom. The third kappa shape index (κ3) is 2.38. The third-order valence-electron chi connectivity index (χ3n) is 3.53. The van der Waals surface area contributed by atoms with Crippen molar-refractivity contribution in [3.63, 3.8) is 0 Å². The minimum Gasteiger partial charge on any atom is -0.481 e. The van der Waals surface area contributed by atoms with Crippen LogP contribution in [0.3, 0.4) is 0 Å². The van der Waals surface area contributed by atoms with E-state index in [2.05, 4.69) is 0 Å². The molecule has 0 spiro atoms. The number of carbonyl (C=O) groups excluding carboxylic acids is 1. The summed E-state index contributed by atoms with van der Waals surface area (Å²) in [5.41, 5.74) is 1.35. The summed E-state index contributed by atoms with van der Waals surface area (Å²) in [4.78, 5) is 23.5. The summed E-state index contributed by atoms with van der Waals surface area (Å²) in [5, 5.41) is 9.87. The molecule has 21 heavy (non-hydrogen) atoms. The van der Waals surface area contributed by atoms with E-state index < -0.39 is 23.8 Å². The second kappa shape index (κ2) is 5.22. The van der Waals surface area contributed by atoms with Crippen molar-refractivity contribution >= 4 is 23.5 Å². The molecule has 0 amide bonds. The summed E-state index contributed by atoms with van der Waals surface area (Å²) in [6.45, 7) is 0. The normalized spacial score (nSPS) is 20.5. The first-order valence-electron chi connectivity index (χ1n) is 6.37. The van der Waals surface area contributed by atoms with Crippen LogP contribution in [-0.2, 0) is 9.59 Å².